The average molecular weight is 426 g/mol. The predicted octanol–water partition coefficient (Wildman–Crippen LogP) is 3.35. The number of aromatic nitrogens is 3. The van der Waals surface area contributed by atoms with Crippen LogP contribution >= 0.6 is 23.1 Å². The second-order valence-corrected chi connectivity index (χ2v) is 8.02. The van der Waals surface area contributed by atoms with Gasteiger partial charge in [-0.3, -0.25) is 9.32 Å². The lowest BCUT2D eigenvalue weighted by Gasteiger charge is -2.00. The molecule has 146 valence electrons. The summed E-state index contributed by atoms with van der Waals surface area (Å²) in [5.74, 6) is 0.515. The molecule has 4 rings (SSSR count). The average Bonchev–Trinajstić information content (AvgIpc) is 3.39. The first-order chi connectivity index (χ1) is 14.2. The Hall–Kier alpha value is -3.17. The minimum atomic E-state index is -0.697. The lowest BCUT2D eigenvalue weighted by atomic mass is 10.2. The number of nitrogens with one attached hydrogen (secondary N) is 1. The van der Waals surface area contributed by atoms with E-state index >= 15 is 0 Å². The number of thiazole rings is 1. The second-order valence-electron chi connectivity index (χ2n) is 5.94. The number of methoxy groups -OCH3 is 1. The zero-order valence-corrected chi connectivity index (χ0v) is 17.0. The molecule has 2 heterocycles. The molecule has 29 heavy (non-hydrogen) atoms. The Morgan fingerprint density at radius 3 is 2.69 bits per heavy atom. The third-order valence-corrected chi connectivity index (χ3v) is 6.14. The zero-order chi connectivity index (χ0) is 20.2. The summed E-state index contributed by atoms with van der Waals surface area (Å²) < 4.78 is 12.1. The van der Waals surface area contributed by atoms with Gasteiger partial charge in [-0.25, -0.2) is 9.78 Å². The number of ether oxygens (including phenoxy) is 1. The van der Waals surface area contributed by atoms with E-state index in [1.165, 1.54) is 27.8 Å². The molecule has 0 spiro atoms. The van der Waals surface area contributed by atoms with Crippen LogP contribution in [0.1, 0.15) is 10.5 Å². The van der Waals surface area contributed by atoms with Gasteiger partial charge in [-0.1, -0.05) is 30.0 Å². The fourth-order valence-electron chi connectivity index (χ4n) is 2.68. The van der Waals surface area contributed by atoms with Gasteiger partial charge in [0.1, 0.15) is 5.75 Å². The smallest absolute Gasteiger partial charge is 0.438 e. The van der Waals surface area contributed by atoms with E-state index < -0.39 is 5.63 Å². The Kier molecular flexibility index (Phi) is 5.59. The minimum Gasteiger partial charge on any atom is -0.497 e. The molecular formula is C20H16N3O4S2+. The predicted molar refractivity (Wildman–Crippen MR) is 110 cm³/mol. The highest BCUT2D eigenvalue weighted by Crippen LogP contribution is 2.29. The molecule has 7 nitrogen and oxygen atoms in total. The van der Waals surface area contributed by atoms with Crippen molar-refractivity contribution in [2.75, 3.05) is 12.9 Å². The highest BCUT2D eigenvalue weighted by Gasteiger charge is 2.30. The second kappa shape index (κ2) is 8.46. The Labute approximate surface area is 173 Å². The van der Waals surface area contributed by atoms with Crippen molar-refractivity contribution in [2.45, 2.75) is 4.34 Å². The molecule has 2 aromatic heterocycles. The molecule has 0 saturated carbocycles. The van der Waals surface area contributed by atoms with Crippen LogP contribution in [0.25, 0.3) is 16.9 Å². The van der Waals surface area contributed by atoms with Crippen LogP contribution < -0.4 is 15.0 Å². The third kappa shape index (κ3) is 4.15. The topological polar surface area (TPSA) is 89.1 Å². The molecule has 0 saturated heterocycles. The summed E-state index contributed by atoms with van der Waals surface area (Å²) in [6.07, 6.45) is 0. The van der Waals surface area contributed by atoms with Crippen LogP contribution in [-0.4, -0.2) is 28.9 Å². The molecule has 4 aromatic rings. The van der Waals surface area contributed by atoms with Crippen LogP contribution in [0.4, 0.5) is 0 Å². The molecule has 1 N–H and O–H groups in total. The summed E-state index contributed by atoms with van der Waals surface area (Å²) in [4.78, 5) is 29.3. The van der Waals surface area contributed by atoms with Gasteiger partial charge < -0.3 is 4.74 Å². The summed E-state index contributed by atoms with van der Waals surface area (Å²) in [7, 11) is 1.62. The number of para-hydroxylation sites is 1. The van der Waals surface area contributed by atoms with Gasteiger partial charge in [0.15, 0.2) is 4.34 Å². The van der Waals surface area contributed by atoms with Gasteiger partial charge in [0.05, 0.1) is 18.6 Å². The first kappa shape index (κ1) is 19.2. The number of rotatable bonds is 7. The van der Waals surface area contributed by atoms with Crippen LogP contribution in [0, 0.1) is 0 Å². The van der Waals surface area contributed by atoms with E-state index in [9.17, 15) is 9.59 Å². The quantitative estimate of drug-likeness (QED) is 0.277. The number of benzene rings is 2. The maximum atomic E-state index is 12.7. The third-order valence-electron chi connectivity index (χ3n) is 4.12. The molecule has 0 amide bonds. The van der Waals surface area contributed by atoms with Crippen molar-refractivity contribution in [1.29, 1.82) is 0 Å². The molecule has 0 radical (unpaired) electrons. The fraction of sp³-hybridized carbons (Fsp3) is 0.100. The number of H-pyrrole nitrogens is 1. The number of hydrogen-bond donors (Lipinski definition) is 1. The zero-order valence-electron chi connectivity index (χ0n) is 15.3. The molecular weight excluding hydrogens is 410 g/mol. The Bertz CT molecular complexity index is 1180. The monoisotopic (exact) mass is 426 g/mol. The number of ketones is 1. The van der Waals surface area contributed by atoms with E-state index in [1.807, 2.05) is 47.8 Å². The Morgan fingerprint density at radius 2 is 1.97 bits per heavy atom. The van der Waals surface area contributed by atoms with Crippen molar-refractivity contribution in [3.8, 4) is 22.7 Å². The van der Waals surface area contributed by atoms with E-state index in [-0.39, 0.29) is 17.2 Å². The van der Waals surface area contributed by atoms with Crippen molar-refractivity contribution in [1.82, 2.24) is 10.3 Å². The van der Waals surface area contributed by atoms with E-state index in [0.29, 0.717) is 5.69 Å². The van der Waals surface area contributed by atoms with Gasteiger partial charge in [-0.15, -0.1) is 11.3 Å². The SMILES string of the molecule is COc1ccc(-c2csc(SCC(=O)c3c(=O)o[nH][n+]3-c3ccccc3)n2)cc1. The standard InChI is InChI=1S/C20H15N3O4S2/c1-26-15-9-7-13(8-10-15)16-11-28-20(21-16)29-12-17(24)18-19(25)27-22-23(18)14-5-3-2-4-6-14/h2-11H,12H2,1H3/p+1. The van der Waals surface area contributed by atoms with Gasteiger partial charge >= 0.3 is 11.3 Å². The van der Waals surface area contributed by atoms with Crippen molar-refractivity contribution >= 4 is 28.9 Å². The van der Waals surface area contributed by atoms with E-state index in [1.54, 1.807) is 19.2 Å². The van der Waals surface area contributed by atoms with Gasteiger partial charge in [0.25, 0.3) is 0 Å². The highest BCUT2D eigenvalue weighted by molar-refractivity contribution is 8.01. The summed E-state index contributed by atoms with van der Waals surface area (Å²) in [6.45, 7) is 0. The van der Waals surface area contributed by atoms with Crippen LogP contribution in [0.2, 0.25) is 0 Å². The first-order valence-corrected chi connectivity index (χ1v) is 10.5. The minimum absolute atomic E-state index is 0.0457. The number of carbonyl (C=O) groups excluding carboxylic acids is 1. The molecule has 0 unspecified atom stereocenters. The summed E-state index contributed by atoms with van der Waals surface area (Å²) >= 11 is 2.74. The molecule has 2 aromatic carbocycles. The number of aromatic amines is 1. The number of hydrogen-bond acceptors (Lipinski definition) is 7. The van der Waals surface area contributed by atoms with Gasteiger partial charge in [-0.05, 0) is 34.2 Å². The van der Waals surface area contributed by atoms with Gasteiger partial charge in [0.2, 0.25) is 11.5 Å². The van der Waals surface area contributed by atoms with Crippen molar-refractivity contribution < 1.29 is 18.7 Å². The van der Waals surface area contributed by atoms with E-state index in [4.69, 9.17) is 9.26 Å². The summed E-state index contributed by atoms with van der Waals surface area (Å²) in [5, 5.41) is 4.41. The largest absolute Gasteiger partial charge is 0.497 e. The number of nitrogens with zero attached hydrogens (tertiary/aromatic N) is 2. The van der Waals surface area contributed by atoms with Crippen LogP contribution in [-0.2, 0) is 0 Å². The van der Waals surface area contributed by atoms with Crippen molar-refractivity contribution in [3.05, 3.63) is 76.1 Å². The van der Waals surface area contributed by atoms with Gasteiger partial charge in [0, 0.05) is 23.1 Å². The first-order valence-electron chi connectivity index (χ1n) is 8.60. The lowest BCUT2D eigenvalue weighted by molar-refractivity contribution is -0.672. The number of carbonyl (C=O) groups is 1. The highest BCUT2D eigenvalue weighted by atomic mass is 32.2. The van der Waals surface area contributed by atoms with Crippen LogP contribution in [0.3, 0.4) is 0 Å². The molecule has 0 fully saturated rings. The van der Waals surface area contributed by atoms with E-state index in [0.717, 1.165) is 21.3 Å². The summed E-state index contributed by atoms with van der Waals surface area (Å²) in [5.41, 5.74) is 1.69. The Morgan fingerprint density at radius 1 is 1.21 bits per heavy atom. The lowest BCUT2D eigenvalue weighted by Crippen LogP contribution is -2.41. The molecule has 0 bridgehead atoms. The summed E-state index contributed by atoms with van der Waals surface area (Å²) in [6, 6.07) is 16.6. The normalized spacial score (nSPS) is 10.8. The maximum Gasteiger partial charge on any atom is 0.438 e. The Balaban J connectivity index is 1.48. The molecule has 9 heteroatoms. The van der Waals surface area contributed by atoms with Gasteiger partial charge in [-0.2, -0.15) is 0 Å². The van der Waals surface area contributed by atoms with E-state index in [2.05, 4.69) is 10.3 Å². The molecule has 0 atom stereocenters. The molecule has 0 aliphatic heterocycles. The van der Waals surface area contributed by atoms with Crippen LogP contribution in [0.15, 0.2) is 73.6 Å². The fourth-order valence-corrected chi connectivity index (χ4v) is 4.38. The van der Waals surface area contributed by atoms with Crippen molar-refractivity contribution in [2.24, 2.45) is 0 Å². The molecule has 0 aliphatic rings. The number of thioether (sulfide) groups is 1. The van der Waals surface area contributed by atoms with Crippen molar-refractivity contribution in [3.63, 3.8) is 0 Å². The number of Topliss-reactive ketones (excluding diaryl/α,β-unsaturated/α-hetero) is 1. The maximum absolute atomic E-state index is 12.7. The van der Waals surface area contributed by atoms with Crippen LogP contribution in [0.5, 0.6) is 5.75 Å². The molecule has 0 aliphatic carbocycles.